The molecule has 4 atom stereocenters. The maximum atomic E-state index is 7.07. The second kappa shape index (κ2) is 9.08. The van der Waals surface area contributed by atoms with Gasteiger partial charge in [-0.25, -0.2) is 4.67 Å². The van der Waals surface area contributed by atoms with Crippen LogP contribution in [-0.4, -0.2) is 23.8 Å². The minimum absolute atomic E-state index is 0.216. The zero-order valence-electron chi connectivity index (χ0n) is 16.8. The fourth-order valence-corrected chi connectivity index (χ4v) is 7.21. The number of fused-ring (bicyclic) bond motifs is 1. The van der Waals surface area contributed by atoms with Crippen molar-refractivity contribution in [2.24, 2.45) is 0 Å². The topological polar surface area (TPSA) is 15.7 Å². The van der Waals surface area contributed by atoms with Crippen LogP contribution in [0.2, 0.25) is 0 Å². The van der Waals surface area contributed by atoms with Gasteiger partial charge in [-0.15, -0.1) is 11.6 Å². The van der Waals surface area contributed by atoms with Gasteiger partial charge in [0.2, 0.25) is 8.45 Å². The van der Waals surface area contributed by atoms with E-state index in [9.17, 15) is 0 Å². The molecule has 0 N–H and O–H groups in total. The summed E-state index contributed by atoms with van der Waals surface area (Å²) in [5.41, 5.74) is 3.45. The van der Waals surface area contributed by atoms with Crippen molar-refractivity contribution in [1.82, 2.24) is 4.67 Å². The minimum atomic E-state index is -0.929. The van der Waals surface area contributed by atoms with Gasteiger partial charge in [-0.05, 0) is 36.1 Å². The standard InChI is InChI=1S/C25H26ClN2OP/c26-24(20-11-4-1-5-12-20)25(21-13-6-2-7-14-21)29-30-27-18-10-17-23(27)19-28(30)22-15-8-3-9-16-22/h1-9,11-16,23-25H,10,17-19H2/t23-,24+,25+,30?/m0/s1. The largest absolute Gasteiger partial charge is 0.317 e. The maximum Gasteiger partial charge on any atom is 0.219 e. The van der Waals surface area contributed by atoms with Gasteiger partial charge < -0.3 is 9.19 Å². The molecule has 0 aliphatic carbocycles. The first-order valence-corrected chi connectivity index (χ1v) is 12.2. The molecule has 5 rings (SSSR count). The van der Waals surface area contributed by atoms with Crippen LogP contribution < -0.4 is 4.67 Å². The van der Waals surface area contributed by atoms with Crippen molar-refractivity contribution in [2.45, 2.75) is 30.4 Å². The molecule has 0 aromatic heterocycles. The lowest BCUT2D eigenvalue weighted by Crippen LogP contribution is -2.21. The van der Waals surface area contributed by atoms with Crippen molar-refractivity contribution in [2.75, 3.05) is 17.8 Å². The molecule has 2 aliphatic rings. The number of hydrogen-bond acceptors (Lipinski definition) is 3. The van der Waals surface area contributed by atoms with Gasteiger partial charge >= 0.3 is 0 Å². The molecule has 30 heavy (non-hydrogen) atoms. The number of nitrogens with zero attached hydrogens (tertiary/aromatic N) is 2. The van der Waals surface area contributed by atoms with Crippen LogP contribution in [0.4, 0.5) is 5.69 Å². The zero-order valence-corrected chi connectivity index (χ0v) is 18.5. The van der Waals surface area contributed by atoms with Crippen LogP contribution in [0.15, 0.2) is 91.0 Å². The predicted octanol–water partition coefficient (Wildman–Crippen LogP) is 6.94. The number of anilines is 1. The third-order valence-corrected chi connectivity index (χ3v) is 8.60. The molecule has 154 valence electrons. The molecular formula is C25H26ClN2OP. The summed E-state index contributed by atoms with van der Waals surface area (Å²) in [6, 6.07) is 31.9. The van der Waals surface area contributed by atoms with Gasteiger partial charge in [0.05, 0.1) is 5.38 Å². The van der Waals surface area contributed by atoms with Gasteiger partial charge in [0.1, 0.15) is 6.10 Å². The van der Waals surface area contributed by atoms with Crippen LogP contribution in [0.1, 0.15) is 35.4 Å². The Morgan fingerprint density at radius 1 is 0.833 bits per heavy atom. The van der Waals surface area contributed by atoms with Crippen molar-refractivity contribution in [3.63, 3.8) is 0 Å². The Hall–Kier alpha value is -1.90. The third-order valence-electron chi connectivity index (χ3n) is 5.93. The van der Waals surface area contributed by atoms with Gasteiger partial charge in [0.15, 0.2) is 0 Å². The fraction of sp³-hybridized carbons (Fsp3) is 0.280. The van der Waals surface area contributed by atoms with E-state index in [2.05, 4.69) is 76.1 Å². The van der Waals surface area contributed by atoms with E-state index in [1.165, 1.54) is 18.5 Å². The van der Waals surface area contributed by atoms with E-state index in [1.807, 2.05) is 24.3 Å². The Bertz CT molecular complexity index is 943. The fourth-order valence-electron chi connectivity index (χ4n) is 4.40. The highest BCUT2D eigenvalue weighted by Crippen LogP contribution is 2.60. The summed E-state index contributed by atoms with van der Waals surface area (Å²) in [6.45, 7) is 2.12. The van der Waals surface area contributed by atoms with Crippen molar-refractivity contribution < 1.29 is 4.52 Å². The second-order valence-electron chi connectivity index (χ2n) is 7.88. The molecule has 0 spiro atoms. The van der Waals surface area contributed by atoms with E-state index in [0.29, 0.717) is 6.04 Å². The monoisotopic (exact) mass is 436 g/mol. The first-order chi connectivity index (χ1) is 14.8. The van der Waals surface area contributed by atoms with E-state index in [1.54, 1.807) is 0 Å². The summed E-state index contributed by atoms with van der Waals surface area (Å²) < 4.78 is 12.0. The molecule has 5 heteroatoms. The van der Waals surface area contributed by atoms with Gasteiger partial charge in [-0.2, -0.15) is 0 Å². The quantitative estimate of drug-likeness (QED) is 0.307. The number of rotatable bonds is 6. The number of halogens is 1. The number of hydrogen-bond donors (Lipinski definition) is 0. The summed E-state index contributed by atoms with van der Waals surface area (Å²) in [5, 5.41) is -0.254. The van der Waals surface area contributed by atoms with Crippen LogP contribution >= 0.6 is 20.1 Å². The Morgan fingerprint density at radius 2 is 1.43 bits per heavy atom. The lowest BCUT2D eigenvalue weighted by molar-refractivity contribution is 0.207. The van der Waals surface area contributed by atoms with Gasteiger partial charge in [-0.3, -0.25) is 0 Å². The van der Waals surface area contributed by atoms with Gasteiger partial charge in [0.25, 0.3) is 0 Å². The minimum Gasteiger partial charge on any atom is -0.317 e. The smallest absolute Gasteiger partial charge is 0.219 e. The van der Waals surface area contributed by atoms with Crippen molar-refractivity contribution >= 4 is 25.7 Å². The molecule has 1 unspecified atom stereocenters. The Kier molecular flexibility index (Phi) is 6.06. The molecule has 2 aliphatic heterocycles. The van der Waals surface area contributed by atoms with Crippen LogP contribution in [0, 0.1) is 0 Å². The number of benzene rings is 3. The average molecular weight is 437 g/mol. The average Bonchev–Trinajstić information content (AvgIpc) is 3.41. The Morgan fingerprint density at radius 3 is 2.10 bits per heavy atom. The Balaban J connectivity index is 1.49. The maximum absolute atomic E-state index is 7.07. The highest BCUT2D eigenvalue weighted by atomic mass is 35.5. The van der Waals surface area contributed by atoms with Crippen molar-refractivity contribution in [3.8, 4) is 0 Å². The second-order valence-corrected chi connectivity index (χ2v) is 10.1. The summed E-state index contributed by atoms with van der Waals surface area (Å²) in [5.74, 6) is 0. The zero-order chi connectivity index (χ0) is 20.3. The molecule has 3 nitrogen and oxygen atoms in total. The molecule has 2 fully saturated rings. The van der Waals surface area contributed by atoms with Gasteiger partial charge in [0, 0.05) is 24.8 Å². The lowest BCUT2D eigenvalue weighted by atomic mass is 10.0. The first-order valence-electron chi connectivity index (χ1n) is 10.6. The van der Waals surface area contributed by atoms with Crippen LogP contribution in [0.25, 0.3) is 0 Å². The van der Waals surface area contributed by atoms with Gasteiger partial charge in [-0.1, -0.05) is 78.9 Å². The van der Waals surface area contributed by atoms with Crippen molar-refractivity contribution in [1.29, 1.82) is 0 Å². The molecule has 0 bridgehead atoms. The summed E-state index contributed by atoms with van der Waals surface area (Å²) >= 11 is 7.07. The van der Waals surface area contributed by atoms with E-state index in [4.69, 9.17) is 16.1 Å². The number of alkyl halides is 1. The third kappa shape index (κ3) is 4.00. The van der Waals surface area contributed by atoms with E-state index < -0.39 is 8.45 Å². The molecule has 0 saturated carbocycles. The Labute approximate surface area is 185 Å². The van der Waals surface area contributed by atoms with E-state index >= 15 is 0 Å². The summed E-state index contributed by atoms with van der Waals surface area (Å²) in [7, 11) is -0.929. The predicted molar refractivity (Wildman–Crippen MR) is 126 cm³/mol. The van der Waals surface area contributed by atoms with E-state index in [-0.39, 0.29) is 11.5 Å². The normalized spacial score (nSPS) is 23.3. The lowest BCUT2D eigenvalue weighted by Gasteiger charge is -2.34. The highest BCUT2D eigenvalue weighted by Gasteiger charge is 2.46. The van der Waals surface area contributed by atoms with Crippen molar-refractivity contribution in [3.05, 3.63) is 102 Å². The SMILES string of the molecule is Cl[C@H](c1ccccc1)[C@H](OP1N(c2ccccc2)C[C@@H]2CCCN21)c1ccccc1. The van der Waals surface area contributed by atoms with Crippen LogP contribution in [-0.2, 0) is 4.52 Å². The van der Waals surface area contributed by atoms with E-state index in [0.717, 1.165) is 24.2 Å². The molecule has 0 amide bonds. The summed E-state index contributed by atoms with van der Waals surface area (Å²) in [4.78, 5) is 0. The molecular weight excluding hydrogens is 411 g/mol. The highest BCUT2D eigenvalue weighted by molar-refractivity contribution is 7.52. The molecule has 3 aromatic rings. The first kappa shape index (κ1) is 20.0. The molecule has 2 heterocycles. The van der Waals surface area contributed by atoms with Crippen LogP contribution in [0.5, 0.6) is 0 Å². The molecule has 2 saturated heterocycles. The molecule has 0 radical (unpaired) electrons. The number of para-hydroxylation sites is 1. The van der Waals surface area contributed by atoms with Crippen LogP contribution in [0.3, 0.4) is 0 Å². The summed E-state index contributed by atoms with van der Waals surface area (Å²) in [6.07, 6.45) is 2.27. The molecule has 3 aromatic carbocycles.